The van der Waals surface area contributed by atoms with Crippen LogP contribution in [0.1, 0.15) is 6.42 Å². The maximum atomic E-state index is 10.6. The summed E-state index contributed by atoms with van der Waals surface area (Å²) in [5.41, 5.74) is 0. The molecule has 0 aliphatic carbocycles. The van der Waals surface area contributed by atoms with E-state index in [0.717, 1.165) is 6.42 Å². The van der Waals surface area contributed by atoms with Gasteiger partial charge < -0.3 is 15.1 Å². The predicted molar refractivity (Wildman–Crippen MR) is 47.5 cm³/mol. The molecule has 1 rings (SSSR count). The summed E-state index contributed by atoms with van der Waals surface area (Å²) in [7, 11) is 0. The van der Waals surface area contributed by atoms with Crippen LogP contribution in [0.4, 0.5) is 4.79 Å². The first-order valence-electron chi connectivity index (χ1n) is 3.82. The first kappa shape index (κ1) is 9.67. The van der Waals surface area contributed by atoms with E-state index in [1.54, 1.807) is 11.8 Å². The molecule has 4 nitrogen and oxygen atoms in total. The number of amides is 1. The smallest absolute Gasteiger partial charge is 0.407 e. The molecule has 0 saturated carbocycles. The fraction of sp³-hybridized carbons (Fsp3) is 0.857. The minimum absolute atomic E-state index is 0.0661. The Labute approximate surface area is 75.6 Å². The third kappa shape index (κ3) is 1.84. The van der Waals surface area contributed by atoms with Crippen molar-refractivity contribution in [1.29, 1.82) is 0 Å². The lowest BCUT2D eigenvalue weighted by Crippen LogP contribution is -2.36. The van der Waals surface area contributed by atoms with Crippen molar-refractivity contribution in [2.24, 2.45) is 0 Å². The molecule has 5 heteroatoms. The monoisotopic (exact) mass is 191 g/mol. The van der Waals surface area contributed by atoms with E-state index < -0.39 is 6.09 Å². The van der Waals surface area contributed by atoms with Crippen LogP contribution in [0.3, 0.4) is 0 Å². The number of aliphatic hydroxyl groups excluding tert-OH is 1. The van der Waals surface area contributed by atoms with E-state index in [2.05, 4.69) is 0 Å². The number of aliphatic hydroxyl groups is 1. The van der Waals surface area contributed by atoms with Crippen LogP contribution in [0.2, 0.25) is 0 Å². The minimum atomic E-state index is -0.925. The van der Waals surface area contributed by atoms with E-state index >= 15 is 0 Å². The molecule has 0 aromatic heterocycles. The molecule has 12 heavy (non-hydrogen) atoms. The highest BCUT2D eigenvalue weighted by Crippen LogP contribution is 2.25. The largest absolute Gasteiger partial charge is 0.465 e. The topological polar surface area (TPSA) is 60.8 Å². The van der Waals surface area contributed by atoms with Crippen molar-refractivity contribution in [3.8, 4) is 0 Å². The molecule has 2 N–H and O–H groups in total. The average molecular weight is 191 g/mol. The summed E-state index contributed by atoms with van der Waals surface area (Å²) in [4.78, 5) is 12.0. The van der Waals surface area contributed by atoms with Crippen molar-refractivity contribution in [2.75, 3.05) is 19.4 Å². The Morgan fingerprint density at radius 1 is 1.75 bits per heavy atom. The molecule has 1 aliphatic heterocycles. The zero-order valence-corrected chi connectivity index (χ0v) is 7.75. The molecular formula is C7H13NO3S. The first-order chi connectivity index (χ1) is 5.69. The molecular weight excluding hydrogens is 178 g/mol. The Balaban J connectivity index is 2.56. The van der Waals surface area contributed by atoms with Gasteiger partial charge in [0.05, 0.1) is 12.6 Å². The fourth-order valence-electron chi connectivity index (χ4n) is 1.45. The van der Waals surface area contributed by atoms with Crippen molar-refractivity contribution < 1.29 is 15.0 Å². The van der Waals surface area contributed by atoms with Gasteiger partial charge in [0, 0.05) is 11.8 Å². The molecule has 1 fully saturated rings. The Hall–Kier alpha value is -0.420. The Bertz CT molecular complexity index is 176. The summed E-state index contributed by atoms with van der Waals surface area (Å²) >= 11 is 1.66. The van der Waals surface area contributed by atoms with E-state index in [0.29, 0.717) is 11.8 Å². The van der Waals surface area contributed by atoms with Crippen molar-refractivity contribution in [3.05, 3.63) is 0 Å². The lowest BCUT2D eigenvalue weighted by molar-refractivity contribution is 0.118. The van der Waals surface area contributed by atoms with Gasteiger partial charge in [0.1, 0.15) is 0 Å². The lowest BCUT2D eigenvalue weighted by atomic mass is 10.2. The molecule has 70 valence electrons. The van der Waals surface area contributed by atoms with Crippen LogP contribution in [0.15, 0.2) is 0 Å². The van der Waals surface area contributed by atoms with Crippen molar-refractivity contribution in [1.82, 2.24) is 4.90 Å². The maximum Gasteiger partial charge on any atom is 0.407 e. The molecule has 1 heterocycles. The van der Waals surface area contributed by atoms with Gasteiger partial charge in [0.25, 0.3) is 0 Å². The molecule has 1 amide bonds. The third-order valence-electron chi connectivity index (χ3n) is 2.17. The second kappa shape index (κ2) is 4.00. The fourth-order valence-corrected chi connectivity index (χ4v) is 2.18. The minimum Gasteiger partial charge on any atom is -0.465 e. The van der Waals surface area contributed by atoms with Gasteiger partial charge >= 0.3 is 6.09 Å². The summed E-state index contributed by atoms with van der Waals surface area (Å²) in [6.45, 7) is 0.477. The van der Waals surface area contributed by atoms with Gasteiger partial charge in [0.15, 0.2) is 0 Å². The summed E-state index contributed by atoms with van der Waals surface area (Å²) in [6, 6.07) is -0.194. The number of likely N-dealkylation sites (tertiary alicyclic amines) is 1. The van der Waals surface area contributed by atoms with Gasteiger partial charge in [-0.3, -0.25) is 0 Å². The quantitative estimate of drug-likeness (QED) is 0.665. The highest BCUT2D eigenvalue weighted by molar-refractivity contribution is 7.99. The molecule has 0 aromatic rings. The van der Waals surface area contributed by atoms with E-state index in [1.807, 2.05) is 6.26 Å². The third-order valence-corrected chi connectivity index (χ3v) is 3.17. The van der Waals surface area contributed by atoms with Crippen LogP contribution in [0.5, 0.6) is 0 Å². The summed E-state index contributed by atoms with van der Waals surface area (Å²) in [6.07, 6.45) is 1.81. The van der Waals surface area contributed by atoms with Crippen LogP contribution >= 0.6 is 11.8 Å². The summed E-state index contributed by atoms with van der Waals surface area (Å²) in [5, 5.41) is 18.0. The highest BCUT2D eigenvalue weighted by atomic mass is 32.2. The van der Waals surface area contributed by atoms with Crippen LogP contribution in [0.25, 0.3) is 0 Å². The van der Waals surface area contributed by atoms with Crippen LogP contribution in [-0.2, 0) is 0 Å². The van der Waals surface area contributed by atoms with Gasteiger partial charge in [-0.25, -0.2) is 4.79 Å². The lowest BCUT2D eigenvalue weighted by Gasteiger charge is -2.18. The van der Waals surface area contributed by atoms with E-state index in [9.17, 15) is 4.79 Å². The number of carbonyl (C=O) groups is 1. The van der Waals surface area contributed by atoms with Crippen LogP contribution < -0.4 is 0 Å². The Kier molecular flexibility index (Phi) is 3.22. The number of nitrogens with zero attached hydrogens (tertiary/aromatic N) is 1. The van der Waals surface area contributed by atoms with Crippen LogP contribution in [-0.4, -0.2) is 51.9 Å². The number of carboxylic acid groups (broad SMARTS) is 1. The number of hydrogen-bond acceptors (Lipinski definition) is 3. The molecule has 0 aromatic carbocycles. The molecule has 1 saturated heterocycles. The van der Waals surface area contributed by atoms with Crippen LogP contribution in [0, 0.1) is 0 Å². The average Bonchev–Trinajstić information content (AvgIpc) is 2.47. The normalized spacial score (nSPS) is 29.3. The predicted octanol–water partition coefficient (Wildman–Crippen LogP) is 0.463. The Morgan fingerprint density at radius 3 is 2.75 bits per heavy atom. The molecule has 1 aliphatic rings. The van der Waals surface area contributed by atoms with Crippen molar-refractivity contribution in [2.45, 2.75) is 17.7 Å². The summed E-state index contributed by atoms with van der Waals surface area (Å²) in [5.74, 6) is 0. The molecule has 0 spiro atoms. The van der Waals surface area contributed by atoms with Gasteiger partial charge in [-0.15, -0.1) is 0 Å². The number of rotatable bonds is 2. The molecule has 2 atom stereocenters. The molecule has 0 unspecified atom stereocenters. The standard InChI is InChI=1S/C7H13NO3S/c1-12-6-2-5(4-9)8(3-6)7(10)11/h5-6,9H,2-4H2,1H3,(H,10,11)/t5-,6-/m0/s1. The van der Waals surface area contributed by atoms with E-state index in [4.69, 9.17) is 10.2 Å². The number of thioether (sulfide) groups is 1. The number of hydrogen-bond donors (Lipinski definition) is 2. The van der Waals surface area contributed by atoms with Gasteiger partial charge in [-0.1, -0.05) is 0 Å². The molecule has 0 radical (unpaired) electrons. The maximum absolute atomic E-state index is 10.6. The SMILES string of the molecule is CS[C@H]1C[C@@H](CO)N(C(=O)O)C1. The van der Waals surface area contributed by atoms with Gasteiger partial charge in [-0.2, -0.15) is 11.8 Å². The van der Waals surface area contributed by atoms with Gasteiger partial charge in [0.2, 0.25) is 0 Å². The zero-order valence-electron chi connectivity index (χ0n) is 6.93. The van der Waals surface area contributed by atoms with E-state index in [1.165, 1.54) is 4.90 Å². The van der Waals surface area contributed by atoms with E-state index in [-0.39, 0.29) is 12.6 Å². The summed E-state index contributed by atoms with van der Waals surface area (Å²) < 4.78 is 0. The van der Waals surface area contributed by atoms with Crippen molar-refractivity contribution >= 4 is 17.9 Å². The van der Waals surface area contributed by atoms with Gasteiger partial charge in [-0.05, 0) is 12.7 Å². The second-order valence-electron chi connectivity index (χ2n) is 2.86. The Morgan fingerprint density at radius 2 is 2.42 bits per heavy atom. The molecule has 0 bridgehead atoms. The first-order valence-corrected chi connectivity index (χ1v) is 5.11. The van der Waals surface area contributed by atoms with Crippen molar-refractivity contribution in [3.63, 3.8) is 0 Å². The highest BCUT2D eigenvalue weighted by Gasteiger charge is 2.34. The zero-order chi connectivity index (χ0) is 9.14. The second-order valence-corrected chi connectivity index (χ2v) is 4.00.